The van der Waals surface area contributed by atoms with Crippen molar-refractivity contribution in [1.82, 2.24) is 0 Å². The lowest BCUT2D eigenvalue weighted by Gasteiger charge is -2.18. The van der Waals surface area contributed by atoms with Crippen LogP contribution in [0.25, 0.3) is 0 Å². The minimum absolute atomic E-state index is 0.175. The van der Waals surface area contributed by atoms with E-state index < -0.39 is 36.1 Å². The highest BCUT2D eigenvalue weighted by molar-refractivity contribution is 6.34. The number of alkyl halides is 2. The van der Waals surface area contributed by atoms with Crippen LogP contribution in [0, 0.1) is 5.82 Å². The molecule has 0 aromatic heterocycles. The van der Waals surface area contributed by atoms with Gasteiger partial charge in [-0.25, -0.2) is 18.1 Å². The van der Waals surface area contributed by atoms with E-state index >= 15 is 0 Å². The molecule has 0 N–H and O–H groups in total. The summed E-state index contributed by atoms with van der Waals surface area (Å²) >= 11 is 5.86. The summed E-state index contributed by atoms with van der Waals surface area (Å²) in [6, 6.07) is 1.91. The molecule has 0 bridgehead atoms. The molecule has 0 saturated heterocycles. The maximum absolute atomic E-state index is 14.4. The molecule has 25 heavy (non-hydrogen) atoms. The van der Waals surface area contributed by atoms with Gasteiger partial charge < -0.3 is 4.74 Å². The topological polar surface area (TPSA) is 46.6 Å². The van der Waals surface area contributed by atoms with E-state index in [0.29, 0.717) is 24.0 Å². The molecule has 4 nitrogen and oxygen atoms in total. The molecule has 2 aliphatic carbocycles. The fourth-order valence-electron chi connectivity index (χ4n) is 3.21. The van der Waals surface area contributed by atoms with Crippen molar-refractivity contribution in [2.75, 3.05) is 4.90 Å². The summed E-state index contributed by atoms with van der Waals surface area (Å²) in [5.74, 6) is -5.14. The van der Waals surface area contributed by atoms with Gasteiger partial charge in [-0.05, 0) is 31.7 Å². The molecular weight excluding hydrogens is 359 g/mol. The number of nitrogens with zero attached hydrogens (tertiary/aromatic N) is 1. The predicted molar refractivity (Wildman–Crippen MR) is 83.4 cm³/mol. The number of carbonyl (C=O) groups excluding carboxylic acids is 2. The largest absolute Gasteiger partial charge is 0.482 e. The third-order valence-electron chi connectivity index (χ3n) is 4.67. The second-order valence-corrected chi connectivity index (χ2v) is 6.82. The first-order valence-corrected chi connectivity index (χ1v) is 8.32. The fraction of sp³-hybridized carbons (Fsp3) is 0.412. The van der Waals surface area contributed by atoms with Crippen LogP contribution >= 0.6 is 11.6 Å². The predicted octanol–water partition coefficient (Wildman–Crippen LogP) is 4.01. The van der Waals surface area contributed by atoms with Gasteiger partial charge in [0.25, 0.3) is 17.7 Å². The third-order valence-corrected chi connectivity index (χ3v) is 4.97. The highest BCUT2D eigenvalue weighted by atomic mass is 35.5. The van der Waals surface area contributed by atoms with E-state index in [2.05, 4.69) is 0 Å². The van der Waals surface area contributed by atoms with Crippen molar-refractivity contribution in [2.24, 2.45) is 0 Å². The fourth-order valence-corrected chi connectivity index (χ4v) is 3.40. The van der Waals surface area contributed by atoms with Gasteiger partial charge >= 0.3 is 0 Å². The van der Waals surface area contributed by atoms with Gasteiger partial charge in [-0.2, -0.15) is 0 Å². The summed E-state index contributed by atoms with van der Waals surface area (Å²) in [5.41, 5.74) is 0.483. The Morgan fingerprint density at radius 2 is 1.68 bits per heavy atom. The van der Waals surface area contributed by atoms with Crippen molar-refractivity contribution in [3.8, 4) is 5.75 Å². The summed E-state index contributed by atoms with van der Waals surface area (Å²) in [6.45, 7) is 0. The van der Waals surface area contributed by atoms with E-state index in [-0.39, 0.29) is 16.5 Å². The molecular formula is C17H13ClF3NO3. The van der Waals surface area contributed by atoms with Gasteiger partial charge in [0.1, 0.15) is 11.6 Å². The lowest BCUT2D eigenvalue weighted by Crippen LogP contribution is -2.32. The Labute approximate surface area is 146 Å². The maximum Gasteiger partial charge on any atom is 0.288 e. The Hall–Kier alpha value is -2.02. The molecule has 2 amide bonds. The highest BCUT2D eigenvalue weighted by Gasteiger charge is 2.60. The molecule has 1 heterocycles. The van der Waals surface area contributed by atoms with E-state index in [0.717, 1.165) is 29.9 Å². The Bertz CT molecular complexity index is 809. The number of rotatable bonds is 3. The minimum atomic E-state index is -2.95. The van der Waals surface area contributed by atoms with Gasteiger partial charge in [0.05, 0.1) is 17.1 Å². The summed E-state index contributed by atoms with van der Waals surface area (Å²) in [6.07, 6.45) is 0.749. The molecule has 0 spiro atoms. The molecule has 3 aliphatic rings. The number of ether oxygens (including phenoxy) is 1. The van der Waals surface area contributed by atoms with Crippen LogP contribution in [0.1, 0.15) is 32.1 Å². The van der Waals surface area contributed by atoms with E-state index in [1.54, 1.807) is 0 Å². The number of hydrogen-bond donors (Lipinski definition) is 0. The van der Waals surface area contributed by atoms with Crippen molar-refractivity contribution in [3.63, 3.8) is 0 Å². The zero-order chi connectivity index (χ0) is 17.9. The van der Waals surface area contributed by atoms with Gasteiger partial charge in [-0.15, -0.1) is 0 Å². The van der Waals surface area contributed by atoms with Crippen molar-refractivity contribution in [2.45, 2.75) is 44.1 Å². The third kappa shape index (κ3) is 2.61. The zero-order valence-electron chi connectivity index (χ0n) is 13.0. The second-order valence-electron chi connectivity index (χ2n) is 6.42. The summed E-state index contributed by atoms with van der Waals surface area (Å²) < 4.78 is 45.6. The molecule has 1 aromatic rings. The Morgan fingerprint density at radius 1 is 1.12 bits per heavy atom. The number of benzene rings is 1. The van der Waals surface area contributed by atoms with E-state index in [9.17, 15) is 22.8 Å². The van der Waals surface area contributed by atoms with E-state index in [4.69, 9.17) is 16.3 Å². The second kappa shape index (κ2) is 5.49. The summed E-state index contributed by atoms with van der Waals surface area (Å²) in [5, 5.41) is -0.194. The van der Waals surface area contributed by atoms with Crippen LogP contribution in [-0.4, -0.2) is 23.8 Å². The number of carbonyl (C=O) groups is 2. The molecule has 1 unspecified atom stereocenters. The molecule has 4 rings (SSSR count). The monoisotopic (exact) mass is 371 g/mol. The molecule has 1 fully saturated rings. The van der Waals surface area contributed by atoms with E-state index in [1.807, 2.05) is 0 Å². The molecule has 1 atom stereocenters. The van der Waals surface area contributed by atoms with Crippen molar-refractivity contribution < 1.29 is 27.5 Å². The lowest BCUT2D eigenvalue weighted by atomic mass is 9.93. The molecule has 1 saturated carbocycles. The van der Waals surface area contributed by atoms with Crippen LogP contribution in [0.5, 0.6) is 5.75 Å². The molecule has 132 valence electrons. The SMILES string of the molecule is O=C1C2=C(CCCC2)C(=O)N1c1cc(OC2CC2(F)F)c(Cl)cc1F. The van der Waals surface area contributed by atoms with Gasteiger partial charge in [0, 0.05) is 17.2 Å². The minimum Gasteiger partial charge on any atom is -0.482 e. The molecule has 8 heteroatoms. The number of anilines is 1. The number of halogens is 4. The Balaban J connectivity index is 1.69. The standard InChI is InChI=1S/C17H13ClF3NO3/c18-10-5-11(19)12(6-13(10)25-14-7-17(14,20)21)22-15(23)8-3-1-2-4-9(8)16(22)24/h5-6,14H,1-4,7H2. The quantitative estimate of drug-likeness (QED) is 0.754. The Morgan fingerprint density at radius 3 is 2.20 bits per heavy atom. The zero-order valence-corrected chi connectivity index (χ0v) is 13.7. The number of imide groups is 1. The first-order valence-electron chi connectivity index (χ1n) is 7.94. The first kappa shape index (κ1) is 16.4. The molecule has 0 radical (unpaired) electrons. The number of amides is 2. The summed E-state index contributed by atoms with van der Waals surface area (Å²) in [7, 11) is 0. The van der Waals surface area contributed by atoms with Crippen molar-refractivity contribution in [1.29, 1.82) is 0 Å². The number of hydrogen-bond acceptors (Lipinski definition) is 3. The van der Waals surface area contributed by atoms with Crippen LogP contribution in [0.3, 0.4) is 0 Å². The summed E-state index contributed by atoms with van der Waals surface area (Å²) in [4.78, 5) is 25.8. The molecule has 1 aliphatic heterocycles. The van der Waals surface area contributed by atoms with Gasteiger partial charge in [0.15, 0.2) is 6.10 Å². The average molecular weight is 372 g/mol. The lowest BCUT2D eigenvalue weighted by molar-refractivity contribution is -0.120. The highest BCUT2D eigenvalue weighted by Crippen LogP contribution is 2.47. The van der Waals surface area contributed by atoms with Crippen LogP contribution < -0.4 is 9.64 Å². The Kier molecular flexibility index (Phi) is 3.61. The normalized spacial score (nSPS) is 24.6. The van der Waals surface area contributed by atoms with Crippen LogP contribution in [0.15, 0.2) is 23.3 Å². The first-order chi connectivity index (χ1) is 11.8. The van der Waals surface area contributed by atoms with Crippen LogP contribution in [0.4, 0.5) is 18.9 Å². The maximum atomic E-state index is 14.4. The van der Waals surface area contributed by atoms with Crippen LogP contribution in [0.2, 0.25) is 5.02 Å². The van der Waals surface area contributed by atoms with Gasteiger partial charge in [0.2, 0.25) is 0 Å². The van der Waals surface area contributed by atoms with Crippen molar-refractivity contribution >= 4 is 29.1 Å². The van der Waals surface area contributed by atoms with Crippen LogP contribution in [-0.2, 0) is 9.59 Å². The smallest absolute Gasteiger partial charge is 0.288 e. The average Bonchev–Trinajstić information content (AvgIpc) is 3.08. The molecule has 1 aromatic carbocycles. The van der Waals surface area contributed by atoms with Gasteiger partial charge in [-0.3, -0.25) is 9.59 Å². The van der Waals surface area contributed by atoms with Gasteiger partial charge in [-0.1, -0.05) is 11.6 Å². The van der Waals surface area contributed by atoms with E-state index in [1.165, 1.54) is 0 Å². The van der Waals surface area contributed by atoms with Crippen molar-refractivity contribution in [3.05, 3.63) is 34.1 Å².